The molecule has 0 bridgehead atoms. The SMILES string of the molecule is Cc1cc2c(s1)Nc1ccccc1N=C2N1CCN(C)CC1.Cl.Cl.N/C(=N\OCC(O)CN1CCCCC1)c1cccnc1. The van der Waals surface area contributed by atoms with Crippen LogP contribution in [0, 0.1) is 6.92 Å². The topological polar surface area (TPSA) is 115 Å². The second kappa shape index (κ2) is 17.5. The number of aryl methyl sites for hydroxylation is 1. The molecule has 3 aliphatic rings. The number of fused-ring (bicyclic) bond motifs is 2. The molecule has 2 saturated heterocycles. The fraction of sp³-hybridized carbons (Fsp3) is 0.452. The number of nitrogens with zero attached hydrogens (tertiary/aromatic N) is 6. The van der Waals surface area contributed by atoms with E-state index in [4.69, 9.17) is 15.6 Å². The van der Waals surface area contributed by atoms with Crippen molar-refractivity contribution < 1.29 is 9.94 Å². The van der Waals surface area contributed by atoms with Gasteiger partial charge in [0.2, 0.25) is 0 Å². The summed E-state index contributed by atoms with van der Waals surface area (Å²) in [6, 6.07) is 14.1. The lowest BCUT2D eigenvalue weighted by molar-refractivity contribution is 0.0157. The van der Waals surface area contributed by atoms with Crippen LogP contribution in [0.15, 0.2) is 65.0 Å². The molecule has 0 saturated carbocycles. The highest BCUT2D eigenvalue weighted by molar-refractivity contribution is 7.16. The van der Waals surface area contributed by atoms with Crippen molar-refractivity contribution in [2.24, 2.45) is 15.9 Å². The normalized spacial score (nSPS) is 17.6. The average molecular weight is 664 g/mol. The van der Waals surface area contributed by atoms with E-state index >= 15 is 0 Å². The quantitative estimate of drug-likeness (QED) is 0.195. The lowest BCUT2D eigenvalue weighted by Gasteiger charge is -2.34. The van der Waals surface area contributed by atoms with Gasteiger partial charge in [-0.2, -0.15) is 0 Å². The predicted molar refractivity (Wildman–Crippen MR) is 186 cm³/mol. The van der Waals surface area contributed by atoms with Crippen molar-refractivity contribution in [3.63, 3.8) is 0 Å². The van der Waals surface area contributed by atoms with Gasteiger partial charge >= 0.3 is 0 Å². The van der Waals surface area contributed by atoms with Crippen LogP contribution < -0.4 is 11.1 Å². The first kappa shape index (κ1) is 35.5. The fourth-order valence-electron chi connectivity index (χ4n) is 5.26. The number of amidine groups is 2. The number of nitrogens with one attached hydrogen (secondary N) is 1. The molecule has 1 unspecified atom stereocenters. The molecule has 13 heteroatoms. The van der Waals surface area contributed by atoms with Crippen LogP contribution in [-0.2, 0) is 4.84 Å². The van der Waals surface area contributed by atoms with Crippen LogP contribution in [0.2, 0.25) is 0 Å². The minimum atomic E-state index is -0.543. The first-order chi connectivity index (χ1) is 20.5. The van der Waals surface area contributed by atoms with Crippen LogP contribution in [0.3, 0.4) is 0 Å². The van der Waals surface area contributed by atoms with E-state index in [-0.39, 0.29) is 37.3 Å². The van der Waals surface area contributed by atoms with Gasteiger partial charge in [0.05, 0.1) is 16.9 Å². The highest BCUT2D eigenvalue weighted by Crippen LogP contribution is 2.39. The van der Waals surface area contributed by atoms with Crippen molar-refractivity contribution in [1.29, 1.82) is 0 Å². The molecule has 0 spiro atoms. The highest BCUT2D eigenvalue weighted by Gasteiger charge is 2.25. The first-order valence-corrected chi connectivity index (χ1v) is 15.5. The largest absolute Gasteiger partial charge is 0.391 e. The monoisotopic (exact) mass is 662 g/mol. The van der Waals surface area contributed by atoms with Gasteiger partial charge in [0.1, 0.15) is 23.5 Å². The summed E-state index contributed by atoms with van der Waals surface area (Å²) in [5, 5.41) is 18.5. The molecule has 2 fully saturated rings. The Bertz CT molecular complexity index is 1360. The molecule has 44 heavy (non-hydrogen) atoms. The molecule has 0 amide bonds. The van der Waals surface area contributed by atoms with E-state index < -0.39 is 6.10 Å². The van der Waals surface area contributed by atoms with Crippen molar-refractivity contribution >= 4 is 64.2 Å². The number of anilines is 2. The van der Waals surface area contributed by atoms with Crippen molar-refractivity contribution in [1.82, 2.24) is 19.7 Å². The number of halogens is 2. The third-order valence-corrected chi connectivity index (χ3v) is 8.55. The maximum Gasteiger partial charge on any atom is 0.171 e. The molecular formula is C31H44Cl2N8O2S. The minimum Gasteiger partial charge on any atom is -0.391 e. The lowest BCUT2D eigenvalue weighted by Crippen LogP contribution is -2.47. The third-order valence-electron chi connectivity index (χ3n) is 7.58. The fourth-order valence-corrected chi connectivity index (χ4v) is 6.18. The van der Waals surface area contributed by atoms with Crippen molar-refractivity contribution in [3.05, 3.63) is 70.9 Å². The van der Waals surface area contributed by atoms with Crippen molar-refractivity contribution in [3.8, 4) is 0 Å². The van der Waals surface area contributed by atoms with E-state index in [9.17, 15) is 5.11 Å². The summed E-state index contributed by atoms with van der Waals surface area (Å²) in [6.07, 6.45) is 6.44. The van der Waals surface area contributed by atoms with Gasteiger partial charge in [-0.25, -0.2) is 4.99 Å². The number of benzene rings is 1. The minimum absolute atomic E-state index is 0. The Morgan fingerprint density at radius 1 is 1.07 bits per heavy atom. The molecule has 2 aromatic heterocycles. The van der Waals surface area contributed by atoms with Crippen LogP contribution in [0.25, 0.3) is 0 Å². The van der Waals surface area contributed by atoms with Gasteiger partial charge in [-0.05, 0) is 70.2 Å². The van der Waals surface area contributed by atoms with Crippen LogP contribution >= 0.6 is 36.2 Å². The number of thiophene rings is 1. The Morgan fingerprint density at radius 2 is 1.82 bits per heavy atom. The molecule has 3 aliphatic heterocycles. The van der Waals surface area contributed by atoms with E-state index in [1.165, 1.54) is 34.7 Å². The second-order valence-electron chi connectivity index (χ2n) is 11.0. The summed E-state index contributed by atoms with van der Waals surface area (Å²) in [7, 11) is 2.18. The Kier molecular flexibility index (Phi) is 14.2. The zero-order chi connectivity index (χ0) is 29.3. The molecule has 240 valence electrons. The number of hydrogen-bond donors (Lipinski definition) is 3. The van der Waals surface area contributed by atoms with Crippen LogP contribution in [0.5, 0.6) is 0 Å². The van der Waals surface area contributed by atoms with E-state index in [2.05, 4.69) is 74.5 Å². The van der Waals surface area contributed by atoms with Gasteiger partial charge in [0.15, 0.2) is 5.84 Å². The molecule has 3 aromatic rings. The second-order valence-corrected chi connectivity index (χ2v) is 12.3. The summed E-state index contributed by atoms with van der Waals surface area (Å²) in [5.41, 5.74) is 9.82. The summed E-state index contributed by atoms with van der Waals surface area (Å²) < 4.78 is 0. The number of rotatable bonds is 6. The van der Waals surface area contributed by atoms with Gasteiger partial charge in [-0.1, -0.05) is 23.7 Å². The van der Waals surface area contributed by atoms with E-state index in [0.29, 0.717) is 12.1 Å². The van der Waals surface area contributed by atoms with Crippen molar-refractivity contribution in [2.45, 2.75) is 32.3 Å². The molecule has 0 aliphatic carbocycles. The molecular weight excluding hydrogens is 619 g/mol. The Balaban J connectivity index is 0.000000231. The molecule has 1 aromatic carbocycles. The van der Waals surface area contributed by atoms with Crippen molar-refractivity contribution in [2.75, 3.05) is 64.8 Å². The van der Waals surface area contributed by atoms with Gasteiger partial charge in [-0.15, -0.1) is 36.2 Å². The summed E-state index contributed by atoms with van der Waals surface area (Å²) in [6.45, 7) is 9.29. The number of para-hydroxylation sites is 2. The zero-order valence-corrected chi connectivity index (χ0v) is 27.8. The number of oxime groups is 1. The number of likely N-dealkylation sites (tertiary alicyclic amines) is 1. The molecule has 1 atom stereocenters. The molecule has 6 rings (SSSR count). The van der Waals surface area contributed by atoms with E-state index in [0.717, 1.165) is 56.5 Å². The van der Waals surface area contributed by atoms with Gasteiger partial charge in [0.25, 0.3) is 0 Å². The third kappa shape index (κ3) is 9.79. The standard InChI is InChI=1S/C17H20N4S.C14H22N4O2.2ClH/c1-12-11-13-16(21-9-7-20(2)8-10-21)18-14-5-3-4-6-15(14)19-17(13)22-12;15-14(12-5-4-6-16-9-12)17-20-11-13(19)10-18-7-2-1-3-8-18;;/h3-6,11,19H,7-10H2,1-2H3;4-6,9,13,19H,1-3,7-8,10-11H2,(H2,15,17);2*1H. The first-order valence-electron chi connectivity index (χ1n) is 14.7. The molecule has 10 nitrogen and oxygen atoms in total. The Hall–Kier alpha value is -2.93. The number of aliphatic imine (C=N–C) groups is 1. The van der Waals surface area contributed by atoms with Crippen LogP contribution in [0.1, 0.15) is 35.3 Å². The van der Waals surface area contributed by atoms with E-state index in [1.807, 2.05) is 0 Å². The summed E-state index contributed by atoms with van der Waals surface area (Å²) >= 11 is 1.81. The smallest absolute Gasteiger partial charge is 0.171 e. The summed E-state index contributed by atoms with van der Waals surface area (Å²) in [5.74, 6) is 1.38. The van der Waals surface area contributed by atoms with E-state index in [1.54, 1.807) is 35.9 Å². The number of aliphatic hydroxyl groups is 1. The Morgan fingerprint density at radius 3 is 2.55 bits per heavy atom. The number of piperidine rings is 1. The number of nitrogens with two attached hydrogens (primary N) is 1. The predicted octanol–water partition coefficient (Wildman–Crippen LogP) is 4.85. The molecule has 5 heterocycles. The number of likely N-dealkylation sites (N-methyl/N-ethyl adjacent to an activating group) is 1. The number of β-amino-alcohol motifs (C(OH)–C–C–N with tert-alkyl or cyclic N) is 1. The lowest BCUT2D eigenvalue weighted by atomic mass is 10.1. The van der Waals surface area contributed by atoms with Crippen LogP contribution in [-0.4, -0.2) is 102 Å². The highest BCUT2D eigenvalue weighted by atomic mass is 35.5. The number of pyridine rings is 1. The van der Waals surface area contributed by atoms with Crippen LogP contribution in [0.4, 0.5) is 16.4 Å². The molecule has 4 N–H and O–H groups in total. The van der Waals surface area contributed by atoms with Gasteiger partial charge < -0.3 is 35.7 Å². The van der Waals surface area contributed by atoms with Gasteiger partial charge in [-0.3, -0.25) is 4.98 Å². The number of aromatic nitrogens is 1. The van der Waals surface area contributed by atoms with Gasteiger partial charge in [0, 0.05) is 55.6 Å². The maximum atomic E-state index is 9.90. The average Bonchev–Trinajstić information content (AvgIpc) is 3.30. The number of aliphatic hydroxyl groups excluding tert-OH is 1. The maximum absolute atomic E-state index is 9.90. The Labute approximate surface area is 276 Å². The zero-order valence-electron chi connectivity index (χ0n) is 25.4. The number of piperazine rings is 1. The number of hydrogen-bond acceptors (Lipinski definition) is 10. The molecule has 0 radical (unpaired) electrons. The summed E-state index contributed by atoms with van der Waals surface area (Å²) in [4.78, 5) is 22.5.